The molecule has 150 valence electrons. The molecule has 0 aromatic heterocycles. The van der Waals surface area contributed by atoms with Crippen LogP contribution in [-0.4, -0.2) is 33.0 Å². The highest BCUT2D eigenvalue weighted by Crippen LogP contribution is 2.36. The number of carbonyl (C=O) groups excluding carboxylic acids is 1. The lowest BCUT2D eigenvalue weighted by atomic mass is 10.1. The number of halogens is 2. The zero-order valence-corrected chi connectivity index (χ0v) is 16.1. The van der Waals surface area contributed by atoms with Crippen molar-refractivity contribution in [1.82, 2.24) is 4.90 Å². The fourth-order valence-electron chi connectivity index (χ4n) is 2.55. The minimum absolute atomic E-state index is 0.179. The van der Waals surface area contributed by atoms with Gasteiger partial charge in [0.05, 0.1) is 9.95 Å². The minimum Gasteiger partial charge on any atom is -0.506 e. The molecule has 0 heterocycles. The molecular formula is C19H15ClFN3O5. The molecule has 0 aliphatic carbocycles. The number of rotatable bonds is 5. The van der Waals surface area contributed by atoms with Crippen LogP contribution in [0.4, 0.5) is 10.1 Å². The zero-order chi connectivity index (χ0) is 21.9. The number of aryl methyl sites for hydroxylation is 1. The molecule has 0 unspecified atom stereocenters. The van der Waals surface area contributed by atoms with Crippen LogP contribution in [0.25, 0.3) is 5.76 Å². The smallest absolute Gasteiger partial charge is 0.313 e. The number of hydrogen-bond donors (Lipinski definition) is 2. The summed E-state index contributed by atoms with van der Waals surface area (Å²) in [6, 6.07) is 7.65. The first-order chi connectivity index (χ1) is 13.6. The van der Waals surface area contributed by atoms with E-state index in [9.17, 15) is 34.8 Å². The Bertz CT molecular complexity index is 1080. The van der Waals surface area contributed by atoms with Gasteiger partial charge in [-0.25, -0.2) is 4.39 Å². The van der Waals surface area contributed by atoms with Crippen LogP contribution < -0.4 is 0 Å². The van der Waals surface area contributed by atoms with Crippen molar-refractivity contribution >= 4 is 29.0 Å². The van der Waals surface area contributed by atoms with Gasteiger partial charge in [-0.2, -0.15) is 5.26 Å². The second-order valence-corrected chi connectivity index (χ2v) is 6.58. The van der Waals surface area contributed by atoms with E-state index in [0.717, 1.165) is 22.6 Å². The fourth-order valence-corrected chi connectivity index (χ4v) is 2.76. The predicted molar refractivity (Wildman–Crippen MR) is 103 cm³/mol. The zero-order valence-electron chi connectivity index (χ0n) is 15.3. The molecular weight excluding hydrogens is 405 g/mol. The number of benzene rings is 2. The molecule has 2 rings (SSSR count). The van der Waals surface area contributed by atoms with E-state index in [0.29, 0.717) is 0 Å². The first kappa shape index (κ1) is 21.7. The van der Waals surface area contributed by atoms with Crippen molar-refractivity contribution in [3.63, 3.8) is 0 Å². The number of nitrogens with zero attached hydrogens (tertiary/aromatic N) is 3. The molecule has 0 radical (unpaired) electrons. The predicted octanol–water partition coefficient (Wildman–Crippen LogP) is 3.85. The number of aromatic hydroxyl groups is 1. The molecule has 2 N–H and O–H groups in total. The van der Waals surface area contributed by atoms with E-state index in [-0.39, 0.29) is 17.7 Å². The summed E-state index contributed by atoms with van der Waals surface area (Å²) >= 11 is 5.73. The van der Waals surface area contributed by atoms with Crippen LogP contribution in [0.15, 0.2) is 35.9 Å². The Hall–Kier alpha value is -3.64. The molecule has 0 saturated heterocycles. The Morgan fingerprint density at radius 1 is 1.38 bits per heavy atom. The van der Waals surface area contributed by atoms with Gasteiger partial charge in [-0.15, -0.1) is 0 Å². The molecule has 0 saturated carbocycles. The molecule has 8 nitrogen and oxygen atoms in total. The van der Waals surface area contributed by atoms with Gasteiger partial charge in [0.25, 0.3) is 5.91 Å². The van der Waals surface area contributed by atoms with Gasteiger partial charge in [-0.1, -0.05) is 29.3 Å². The van der Waals surface area contributed by atoms with E-state index < -0.39 is 44.4 Å². The lowest BCUT2D eigenvalue weighted by Gasteiger charge is -2.18. The van der Waals surface area contributed by atoms with Crippen molar-refractivity contribution in [3.8, 4) is 11.8 Å². The normalized spacial score (nSPS) is 11.4. The van der Waals surface area contributed by atoms with E-state index in [1.165, 1.54) is 19.2 Å². The molecule has 0 atom stereocenters. The van der Waals surface area contributed by atoms with Crippen molar-refractivity contribution in [2.45, 2.75) is 13.5 Å². The number of likely N-dealkylation sites (N-methyl/N-ethyl adjacent to an activating group) is 1. The van der Waals surface area contributed by atoms with E-state index >= 15 is 0 Å². The van der Waals surface area contributed by atoms with E-state index in [2.05, 4.69) is 0 Å². The Kier molecular flexibility index (Phi) is 6.41. The molecule has 2 aromatic carbocycles. The van der Waals surface area contributed by atoms with E-state index in [1.54, 1.807) is 19.1 Å². The lowest BCUT2D eigenvalue weighted by molar-refractivity contribution is -0.385. The largest absolute Gasteiger partial charge is 0.506 e. The summed E-state index contributed by atoms with van der Waals surface area (Å²) in [4.78, 5) is 23.7. The maximum Gasteiger partial charge on any atom is 0.313 e. The third-order valence-electron chi connectivity index (χ3n) is 4.03. The van der Waals surface area contributed by atoms with Crippen molar-refractivity contribution in [2.75, 3.05) is 7.05 Å². The second-order valence-electron chi connectivity index (χ2n) is 6.17. The highest BCUT2D eigenvalue weighted by Gasteiger charge is 2.25. The third kappa shape index (κ3) is 4.62. The molecule has 0 aliphatic heterocycles. The van der Waals surface area contributed by atoms with E-state index in [4.69, 9.17) is 11.6 Å². The molecule has 0 spiro atoms. The standard InChI is InChI=1S/C19H15ClFN3O5/c1-10-3-4-15(21)12(5-10)9-23(2)19(27)13(8-22)17(25)11-6-14(20)18(26)16(7-11)24(28)29/h3-7,25-26H,9H2,1-2H3/b17-13-. The van der Waals surface area contributed by atoms with Crippen LogP contribution in [0.1, 0.15) is 16.7 Å². The van der Waals surface area contributed by atoms with Crippen LogP contribution in [-0.2, 0) is 11.3 Å². The Balaban J connectivity index is 2.44. The van der Waals surface area contributed by atoms with Crippen LogP contribution in [0.2, 0.25) is 5.02 Å². The summed E-state index contributed by atoms with van der Waals surface area (Å²) in [5.41, 5.74) is -0.858. The van der Waals surface area contributed by atoms with Crippen LogP contribution in [0.5, 0.6) is 5.75 Å². The maximum absolute atomic E-state index is 13.9. The van der Waals surface area contributed by atoms with Crippen LogP contribution in [0, 0.1) is 34.2 Å². The fraction of sp³-hybridized carbons (Fsp3) is 0.158. The third-order valence-corrected chi connectivity index (χ3v) is 4.32. The molecule has 1 amide bonds. The molecule has 2 aromatic rings. The Morgan fingerprint density at radius 3 is 2.62 bits per heavy atom. The average Bonchev–Trinajstić information content (AvgIpc) is 2.66. The summed E-state index contributed by atoms with van der Waals surface area (Å²) < 4.78 is 13.9. The summed E-state index contributed by atoms with van der Waals surface area (Å²) in [5, 5.41) is 39.9. The van der Waals surface area contributed by atoms with Crippen molar-refractivity contribution < 1.29 is 24.3 Å². The van der Waals surface area contributed by atoms with Crippen LogP contribution in [0.3, 0.4) is 0 Å². The monoisotopic (exact) mass is 419 g/mol. The van der Waals surface area contributed by atoms with Gasteiger partial charge in [0.15, 0.2) is 5.57 Å². The highest BCUT2D eigenvalue weighted by atomic mass is 35.5. The van der Waals surface area contributed by atoms with Gasteiger partial charge in [0.1, 0.15) is 17.6 Å². The SMILES string of the molecule is Cc1ccc(F)c(CN(C)C(=O)/C(C#N)=C(\O)c2cc(Cl)c(O)c([N+](=O)[O-])c2)c1. The average molecular weight is 420 g/mol. The maximum atomic E-state index is 13.9. The highest BCUT2D eigenvalue weighted by molar-refractivity contribution is 6.32. The van der Waals surface area contributed by atoms with Gasteiger partial charge in [0, 0.05) is 30.8 Å². The molecule has 0 aliphatic rings. The Morgan fingerprint density at radius 2 is 2.03 bits per heavy atom. The Labute approximate surface area is 169 Å². The number of hydrogen-bond acceptors (Lipinski definition) is 6. The molecule has 10 heteroatoms. The van der Waals surface area contributed by atoms with Crippen molar-refractivity contribution in [3.05, 3.63) is 73.5 Å². The first-order valence-corrected chi connectivity index (χ1v) is 8.45. The topological polar surface area (TPSA) is 128 Å². The van der Waals surface area contributed by atoms with Crippen molar-refractivity contribution in [1.29, 1.82) is 5.26 Å². The number of phenols is 1. The summed E-state index contributed by atoms with van der Waals surface area (Å²) in [6.45, 7) is 1.57. The summed E-state index contributed by atoms with van der Waals surface area (Å²) in [7, 11) is 1.31. The van der Waals surface area contributed by atoms with Gasteiger partial charge in [-0.05, 0) is 19.1 Å². The second kappa shape index (κ2) is 8.58. The quantitative estimate of drug-likeness (QED) is 0.249. The molecule has 0 bridgehead atoms. The lowest BCUT2D eigenvalue weighted by Crippen LogP contribution is -2.28. The van der Waals surface area contributed by atoms with Gasteiger partial charge in [-0.3, -0.25) is 14.9 Å². The number of aliphatic hydroxyl groups excluding tert-OH is 1. The van der Waals surface area contributed by atoms with Crippen molar-refractivity contribution in [2.24, 2.45) is 0 Å². The molecule has 29 heavy (non-hydrogen) atoms. The van der Waals surface area contributed by atoms with Gasteiger partial charge < -0.3 is 15.1 Å². The van der Waals surface area contributed by atoms with Gasteiger partial charge >= 0.3 is 5.69 Å². The number of nitro groups is 1. The van der Waals surface area contributed by atoms with E-state index in [1.807, 2.05) is 0 Å². The van der Waals surface area contributed by atoms with Gasteiger partial charge in [0.2, 0.25) is 5.75 Å². The molecule has 0 fully saturated rings. The number of aliphatic hydroxyl groups is 1. The number of phenolic OH excluding ortho intramolecular Hbond substituents is 1. The number of amides is 1. The number of nitriles is 1. The summed E-state index contributed by atoms with van der Waals surface area (Å²) in [5.74, 6) is -3.15. The summed E-state index contributed by atoms with van der Waals surface area (Å²) in [6.07, 6.45) is 0. The number of carbonyl (C=O) groups is 1. The minimum atomic E-state index is -0.933. The van der Waals surface area contributed by atoms with Crippen LogP contribution >= 0.6 is 11.6 Å². The first-order valence-electron chi connectivity index (χ1n) is 8.08. The number of nitro benzene ring substituents is 1.